The molecule has 0 saturated carbocycles. The van der Waals surface area contributed by atoms with Crippen LogP contribution in [0.15, 0.2) is 4.90 Å². The Morgan fingerprint density at radius 3 is 1.59 bits per heavy atom. The van der Waals surface area contributed by atoms with Crippen molar-refractivity contribution in [2.24, 2.45) is 0 Å². The average Bonchev–Trinajstić information content (AvgIpc) is 2.22. The molecule has 0 radical (unpaired) electrons. The predicted molar refractivity (Wildman–Crippen MR) is 73.3 cm³/mol. The number of halogens is 5. The first kappa shape index (κ1) is 16.0. The maximum atomic E-state index is 9.10. The van der Waals surface area contributed by atoms with E-state index in [0.29, 0.717) is 0 Å². The van der Waals surface area contributed by atoms with Crippen molar-refractivity contribution in [1.82, 2.24) is 4.72 Å². The molecular formula is C8H6Cl5NO2S. The highest BCUT2D eigenvalue weighted by Gasteiger charge is 2.22. The summed E-state index contributed by atoms with van der Waals surface area (Å²) in [6, 6.07) is 0. The summed E-state index contributed by atoms with van der Waals surface area (Å²) in [5.41, 5.74) is 0. The third kappa shape index (κ3) is 3.93. The lowest BCUT2D eigenvalue weighted by Gasteiger charge is -2.18. The van der Waals surface area contributed by atoms with Crippen LogP contribution in [0.5, 0.6) is 0 Å². The van der Waals surface area contributed by atoms with Gasteiger partial charge in [-0.05, 0) is 11.9 Å². The summed E-state index contributed by atoms with van der Waals surface area (Å²) >= 11 is 30.1. The van der Waals surface area contributed by atoms with E-state index < -0.39 is 5.91 Å². The molecule has 0 bridgehead atoms. The first-order chi connectivity index (χ1) is 7.65. The van der Waals surface area contributed by atoms with Gasteiger partial charge in [-0.15, -0.1) is 0 Å². The van der Waals surface area contributed by atoms with Crippen LogP contribution in [0.3, 0.4) is 0 Å². The molecule has 1 rings (SSSR count). The molecule has 0 saturated heterocycles. The van der Waals surface area contributed by atoms with Crippen molar-refractivity contribution in [2.45, 2.75) is 17.7 Å². The number of aliphatic hydroxyl groups is 2. The number of rotatable bonds is 3. The van der Waals surface area contributed by atoms with E-state index in [1.807, 2.05) is 0 Å². The van der Waals surface area contributed by atoms with Gasteiger partial charge in [-0.1, -0.05) is 58.0 Å². The van der Waals surface area contributed by atoms with Crippen LogP contribution < -0.4 is 4.72 Å². The molecule has 0 fully saturated rings. The van der Waals surface area contributed by atoms with Gasteiger partial charge in [0.15, 0.2) is 0 Å². The third-order valence-electron chi connectivity index (χ3n) is 1.52. The summed E-state index contributed by atoms with van der Waals surface area (Å²) in [5.74, 6) is -2.10. The molecule has 9 heteroatoms. The van der Waals surface area contributed by atoms with Crippen LogP contribution in [-0.2, 0) is 0 Å². The minimum Gasteiger partial charge on any atom is -0.353 e. The zero-order valence-corrected chi connectivity index (χ0v) is 12.8. The quantitative estimate of drug-likeness (QED) is 0.328. The van der Waals surface area contributed by atoms with Crippen LogP contribution in [0, 0.1) is 0 Å². The minimum absolute atomic E-state index is 0.0449. The van der Waals surface area contributed by atoms with Gasteiger partial charge in [0.1, 0.15) is 0 Å². The van der Waals surface area contributed by atoms with Crippen LogP contribution in [0.4, 0.5) is 0 Å². The Kier molecular flexibility index (Phi) is 5.54. The normalized spacial score (nSPS) is 12.0. The summed E-state index contributed by atoms with van der Waals surface area (Å²) in [7, 11) is 0. The van der Waals surface area contributed by atoms with Crippen LogP contribution >= 0.6 is 70.0 Å². The Labute approximate surface area is 127 Å². The highest BCUT2D eigenvalue weighted by atomic mass is 35.5. The number of benzene rings is 1. The fourth-order valence-electron chi connectivity index (χ4n) is 0.822. The SMILES string of the molecule is CC(O)(O)NSc1c(Cl)c(Cl)c(Cl)c(Cl)c1Cl. The molecule has 1 aromatic carbocycles. The summed E-state index contributed by atoms with van der Waals surface area (Å²) < 4.78 is 2.29. The first-order valence-corrected chi connectivity index (χ1v) is 6.76. The summed E-state index contributed by atoms with van der Waals surface area (Å²) in [6.07, 6.45) is 0. The van der Waals surface area contributed by atoms with Crippen molar-refractivity contribution < 1.29 is 10.2 Å². The molecule has 17 heavy (non-hydrogen) atoms. The second-order valence-electron chi connectivity index (χ2n) is 3.12. The van der Waals surface area contributed by atoms with E-state index in [-0.39, 0.29) is 30.0 Å². The second kappa shape index (κ2) is 5.90. The minimum atomic E-state index is -2.10. The lowest BCUT2D eigenvalue weighted by atomic mass is 10.3. The van der Waals surface area contributed by atoms with Crippen LogP contribution in [-0.4, -0.2) is 16.1 Å². The van der Waals surface area contributed by atoms with Crippen molar-refractivity contribution in [2.75, 3.05) is 0 Å². The largest absolute Gasteiger partial charge is 0.353 e. The van der Waals surface area contributed by atoms with Gasteiger partial charge >= 0.3 is 0 Å². The van der Waals surface area contributed by atoms with Crippen molar-refractivity contribution >= 4 is 70.0 Å². The predicted octanol–water partition coefficient (Wildman–Crippen LogP) is 4.21. The van der Waals surface area contributed by atoms with E-state index in [9.17, 15) is 0 Å². The molecule has 3 nitrogen and oxygen atoms in total. The molecular weight excluding hydrogens is 351 g/mol. The molecule has 0 amide bonds. The third-order valence-corrected chi connectivity index (χ3v) is 5.12. The van der Waals surface area contributed by atoms with Gasteiger partial charge in [-0.3, -0.25) is 0 Å². The first-order valence-electron chi connectivity index (χ1n) is 4.05. The molecule has 0 heterocycles. The fourth-order valence-corrected chi connectivity index (χ4v) is 2.98. The van der Waals surface area contributed by atoms with E-state index in [1.165, 1.54) is 0 Å². The van der Waals surface area contributed by atoms with Crippen molar-refractivity contribution in [3.8, 4) is 0 Å². The summed E-state index contributed by atoms with van der Waals surface area (Å²) in [5, 5.41) is 18.5. The van der Waals surface area contributed by atoms with E-state index >= 15 is 0 Å². The lowest BCUT2D eigenvalue weighted by Crippen LogP contribution is -2.36. The van der Waals surface area contributed by atoms with Gasteiger partial charge in [0, 0.05) is 6.92 Å². The topological polar surface area (TPSA) is 52.5 Å². The fraction of sp³-hybridized carbons (Fsp3) is 0.250. The summed E-state index contributed by atoms with van der Waals surface area (Å²) in [6.45, 7) is 1.13. The highest BCUT2D eigenvalue weighted by Crippen LogP contribution is 2.47. The van der Waals surface area contributed by atoms with Gasteiger partial charge in [-0.2, -0.15) is 0 Å². The molecule has 96 valence electrons. The Bertz CT molecular complexity index is 420. The number of hydrogen-bond acceptors (Lipinski definition) is 4. The lowest BCUT2D eigenvalue weighted by molar-refractivity contribution is -0.150. The molecule has 0 spiro atoms. The van der Waals surface area contributed by atoms with Crippen LogP contribution in [0.2, 0.25) is 25.1 Å². The van der Waals surface area contributed by atoms with Gasteiger partial charge in [0.05, 0.1) is 30.0 Å². The van der Waals surface area contributed by atoms with Crippen molar-refractivity contribution in [3.05, 3.63) is 25.1 Å². The zero-order chi connectivity index (χ0) is 13.4. The van der Waals surface area contributed by atoms with Crippen molar-refractivity contribution in [1.29, 1.82) is 0 Å². The standard InChI is InChI=1S/C8H6Cl5NO2S/c1-8(15,16)14-17-7-5(12)3(10)2(9)4(11)6(7)13/h14-16H,1H3. The molecule has 0 aliphatic heterocycles. The maximum Gasteiger partial charge on any atom is 0.228 e. The Morgan fingerprint density at radius 1 is 0.882 bits per heavy atom. The summed E-state index contributed by atoms with van der Waals surface area (Å²) in [4.78, 5) is 0.252. The van der Waals surface area contributed by atoms with Gasteiger partial charge < -0.3 is 10.2 Å². The Hall–Kier alpha value is 0.900. The van der Waals surface area contributed by atoms with Gasteiger partial charge in [0.2, 0.25) is 5.91 Å². The average molecular weight is 357 g/mol. The monoisotopic (exact) mass is 355 g/mol. The molecule has 0 aliphatic rings. The van der Waals surface area contributed by atoms with E-state index in [1.54, 1.807) is 0 Å². The van der Waals surface area contributed by atoms with Crippen LogP contribution in [0.25, 0.3) is 0 Å². The second-order valence-corrected chi connectivity index (χ2v) is 5.83. The van der Waals surface area contributed by atoms with Gasteiger partial charge in [0.25, 0.3) is 0 Å². The van der Waals surface area contributed by atoms with Crippen molar-refractivity contribution in [3.63, 3.8) is 0 Å². The van der Waals surface area contributed by atoms with Gasteiger partial charge in [-0.25, -0.2) is 4.72 Å². The van der Waals surface area contributed by atoms with E-state index in [0.717, 1.165) is 18.9 Å². The Morgan fingerprint density at radius 2 is 1.24 bits per heavy atom. The Balaban J connectivity index is 3.16. The number of hydrogen-bond donors (Lipinski definition) is 3. The zero-order valence-electron chi connectivity index (χ0n) is 8.19. The maximum absolute atomic E-state index is 9.10. The molecule has 0 unspecified atom stereocenters. The smallest absolute Gasteiger partial charge is 0.228 e. The molecule has 0 atom stereocenters. The molecule has 0 aliphatic carbocycles. The van der Waals surface area contributed by atoms with E-state index in [4.69, 9.17) is 68.2 Å². The molecule has 0 aromatic heterocycles. The highest BCUT2D eigenvalue weighted by molar-refractivity contribution is 7.97. The molecule has 3 N–H and O–H groups in total. The molecule has 1 aromatic rings. The number of nitrogens with one attached hydrogen (secondary N) is 1. The van der Waals surface area contributed by atoms with Crippen LogP contribution in [0.1, 0.15) is 6.92 Å². The van der Waals surface area contributed by atoms with E-state index in [2.05, 4.69) is 4.72 Å².